The number of carboxylic acid groups (broad SMARTS) is 1. The second kappa shape index (κ2) is 8.65. The van der Waals surface area contributed by atoms with Crippen LogP contribution in [0.5, 0.6) is 5.75 Å². The molecule has 1 aromatic heterocycles. The van der Waals surface area contributed by atoms with E-state index >= 15 is 0 Å². The van der Waals surface area contributed by atoms with Gasteiger partial charge in [0.2, 0.25) is 0 Å². The highest BCUT2D eigenvalue weighted by atomic mass is 19.1. The number of ether oxygens (including phenoxy) is 1. The molecular weight excluding hydrogens is 456 g/mol. The number of carbonyl (C=O) groups is 2. The summed E-state index contributed by atoms with van der Waals surface area (Å²) in [6, 6.07) is 11.5. The molecule has 2 aliphatic rings. The fourth-order valence-electron chi connectivity index (χ4n) is 4.24. The first kappa shape index (κ1) is 22.8. The highest BCUT2D eigenvalue weighted by Gasteiger charge is 2.46. The minimum atomic E-state index is -1.00. The number of nitrogens with zero attached hydrogens (tertiary/aromatic N) is 2. The van der Waals surface area contributed by atoms with Gasteiger partial charge in [0, 0.05) is 12.3 Å². The lowest BCUT2D eigenvalue weighted by molar-refractivity contribution is 0.0696. The van der Waals surface area contributed by atoms with Gasteiger partial charge in [0.05, 0.1) is 29.8 Å². The Labute approximate surface area is 200 Å². The van der Waals surface area contributed by atoms with Crippen molar-refractivity contribution in [1.82, 2.24) is 10.3 Å². The zero-order valence-electron chi connectivity index (χ0n) is 18.9. The first-order valence-corrected chi connectivity index (χ1v) is 11.2. The molecule has 7 nitrogen and oxygen atoms in total. The van der Waals surface area contributed by atoms with Crippen molar-refractivity contribution in [3.8, 4) is 5.75 Å². The number of pyridine rings is 1. The molecule has 0 bridgehead atoms. The molecule has 2 heterocycles. The molecule has 0 atom stereocenters. The van der Waals surface area contributed by atoms with Crippen LogP contribution in [0, 0.1) is 18.6 Å². The van der Waals surface area contributed by atoms with E-state index in [9.17, 15) is 18.4 Å². The van der Waals surface area contributed by atoms with E-state index in [0.717, 1.165) is 36.1 Å². The molecular formula is C26H23F2N3O4. The Balaban J connectivity index is 1.29. The summed E-state index contributed by atoms with van der Waals surface area (Å²) in [6.45, 7) is 2.65. The van der Waals surface area contributed by atoms with E-state index in [2.05, 4.69) is 10.3 Å². The highest BCUT2D eigenvalue weighted by Crippen LogP contribution is 2.46. The average molecular weight is 479 g/mol. The van der Waals surface area contributed by atoms with Crippen molar-refractivity contribution in [2.75, 3.05) is 18.0 Å². The SMILES string of the molecule is Cc1cnc(N2CC(Oc3ccc(F)cc3F)C2)c(C(=O)NC2(c3ccc(C(=O)O)cc3)CC2)c1. The first-order chi connectivity index (χ1) is 16.7. The number of carbonyl (C=O) groups excluding carboxylic acids is 1. The van der Waals surface area contributed by atoms with Crippen molar-refractivity contribution in [3.63, 3.8) is 0 Å². The largest absolute Gasteiger partial charge is 0.484 e. The van der Waals surface area contributed by atoms with Crippen LogP contribution < -0.4 is 15.0 Å². The Morgan fingerprint density at radius 1 is 1.11 bits per heavy atom. The molecule has 3 aromatic rings. The number of amides is 1. The Kier molecular flexibility index (Phi) is 5.62. The van der Waals surface area contributed by atoms with Gasteiger partial charge in [-0.25, -0.2) is 18.6 Å². The molecule has 2 aromatic carbocycles. The number of benzene rings is 2. The third-order valence-corrected chi connectivity index (χ3v) is 6.37. The topological polar surface area (TPSA) is 91.8 Å². The van der Waals surface area contributed by atoms with Gasteiger partial charge in [0.15, 0.2) is 11.6 Å². The summed E-state index contributed by atoms with van der Waals surface area (Å²) in [5.41, 5.74) is 1.77. The van der Waals surface area contributed by atoms with Crippen LogP contribution in [0.15, 0.2) is 54.7 Å². The van der Waals surface area contributed by atoms with Gasteiger partial charge < -0.3 is 20.1 Å². The summed E-state index contributed by atoms with van der Waals surface area (Å²) in [5, 5.41) is 12.2. The van der Waals surface area contributed by atoms with Gasteiger partial charge in [-0.2, -0.15) is 0 Å². The Bertz CT molecular complexity index is 1300. The van der Waals surface area contributed by atoms with Crippen LogP contribution >= 0.6 is 0 Å². The second-order valence-electron chi connectivity index (χ2n) is 9.02. The molecule has 1 saturated heterocycles. The number of aryl methyl sites for hydroxylation is 1. The van der Waals surface area contributed by atoms with E-state index in [1.807, 2.05) is 11.8 Å². The smallest absolute Gasteiger partial charge is 0.335 e. The zero-order chi connectivity index (χ0) is 24.7. The molecule has 9 heteroatoms. The zero-order valence-corrected chi connectivity index (χ0v) is 18.9. The molecule has 0 radical (unpaired) electrons. The van der Waals surface area contributed by atoms with Gasteiger partial charge in [-0.1, -0.05) is 12.1 Å². The van der Waals surface area contributed by atoms with E-state index < -0.39 is 23.1 Å². The van der Waals surface area contributed by atoms with Gasteiger partial charge in [-0.05, 0) is 61.2 Å². The number of hydrogen-bond donors (Lipinski definition) is 2. The van der Waals surface area contributed by atoms with Crippen molar-refractivity contribution in [1.29, 1.82) is 0 Å². The maximum Gasteiger partial charge on any atom is 0.335 e. The van der Waals surface area contributed by atoms with Crippen molar-refractivity contribution in [2.45, 2.75) is 31.4 Å². The average Bonchev–Trinajstić information content (AvgIpc) is 3.58. The molecule has 2 N–H and O–H groups in total. The molecule has 35 heavy (non-hydrogen) atoms. The molecule has 5 rings (SSSR count). The fourth-order valence-corrected chi connectivity index (χ4v) is 4.24. The predicted molar refractivity (Wildman–Crippen MR) is 124 cm³/mol. The van der Waals surface area contributed by atoms with E-state index in [0.29, 0.717) is 24.5 Å². The summed E-state index contributed by atoms with van der Waals surface area (Å²) in [6.07, 6.45) is 2.86. The minimum Gasteiger partial charge on any atom is -0.484 e. The van der Waals surface area contributed by atoms with Crippen molar-refractivity contribution < 1.29 is 28.2 Å². The van der Waals surface area contributed by atoms with E-state index in [-0.39, 0.29) is 23.3 Å². The molecule has 1 saturated carbocycles. The van der Waals surface area contributed by atoms with E-state index in [1.165, 1.54) is 18.2 Å². The summed E-state index contributed by atoms with van der Waals surface area (Å²) in [4.78, 5) is 30.8. The van der Waals surface area contributed by atoms with Crippen molar-refractivity contribution >= 4 is 17.7 Å². The highest BCUT2D eigenvalue weighted by molar-refractivity contribution is 6.00. The Hall–Kier alpha value is -4.01. The number of nitrogens with one attached hydrogen (secondary N) is 1. The Morgan fingerprint density at radius 2 is 1.83 bits per heavy atom. The Morgan fingerprint density at radius 3 is 2.46 bits per heavy atom. The first-order valence-electron chi connectivity index (χ1n) is 11.2. The van der Waals surface area contributed by atoms with Gasteiger partial charge in [-0.3, -0.25) is 4.79 Å². The van der Waals surface area contributed by atoms with Gasteiger partial charge in [0.25, 0.3) is 5.91 Å². The standard InChI is InChI=1S/C26H23F2N3O4/c1-15-10-20(24(32)30-26(8-9-26)17-4-2-16(3-5-17)25(33)34)23(29-12-15)31-13-19(14-31)35-22-7-6-18(27)11-21(22)28/h2-7,10-12,19H,8-9,13-14H2,1H3,(H,30,32)(H,33,34). The summed E-state index contributed by atoms with van der Waals surface area (Å²) < 4.78 is 32.7. The third-order valence-electron chi connectivity index (χ3n) is 6.37. The number of hydrogen-bond acceptors (Lipinski definition) is 5. The predicted octanol–water partition coefficient (Wildman–Crippen LogP) is 4.05. The summed E-state index contributed by atoms with van der Waals surface area (Å²) in [7, 11) is 0. The summed E-state index contributed by atoms with van der Waals surface area (Å²) >= 11 is 0. The van der Waals surface area contributed by atoms with Crippen LogP contribution in [0.3, 0.4) is 0 Å². The molecule has 0 unspecified atom stereocenters. The lowest BCUT2D eigenvalue weighted by Crippen LogP contribution is -2.55. The van der Waals surface area contributed by atoms with Gasteiger partial charge >= 0.3 is 5.97 Å². The van der Waals surface area contributed by atoms with E-state index in [1.54, 1.807) is 24.4 Å². The monoisotopic (exact) mass is 479 g/mol. The molecule has 1 aliphatic carbocycles. The lowest BCUT2D eigenvalue weighted by atomic mass is 10.0. The van der Waals surface area contributed by atoms with Crippen LogP contribution in [0.2, 0.25) is 0 Å². The second-order valence-corrected chi connectivity index (χ2v) is 9.02. The molecule has 2 fully saturated rings. The minimum absolute atomic E-state index is 0.0181. The van der Waals surface area contributed by atoms with Crippen LogP contribution in [-0.4, -0.2) is 41.2 Å². The number of aromatic nitrogens is 1. The lowest BCUT2D eigenvalue weighted by Gasteiger charge is -2.40. The number of halogens is 2. The van der Waals surface area contributed by atoms with Crippen molar-refractivity contribution in [3.05, 3.63) is 88.6 Å². The maximum absolute atomic E-state index is 13.9. The van der Waals surface area contributed by atoms with Gasteiger partial charge in [0.1, 0.15) is 17.7 Å². The van der Waals surface area contributed by atoms with Gasteiger partial charge in [-0.15, -0.1) is 0 Å². The van der Waals surface area contributed by atoms with Crippen LogP contribution in [0.25, 0.3) is 0 Å². The summed E-state index contributed by atoms with van der Waals surface area (Å²) in [5.74, 6) is -2.22. The maximum atomic E-state index is 13.9. The van der Waals surface area contributed by atoms with Crippen LogP contribution in [0.4, 0.5) is 14.6 Å². The van der Waals surface area contributed by atoms with Crippen LogP contribution in [-0.2, 0) is 5.54 Å². The molecule has 0 spiro atoms. The number of rotatable bonds is 7. The molecule has 1 amide bonds. The number of anilines is 1. The van der Waals surface area contributed by atoms with Crippen LogP contribution in [0.1, 0.15) is 44.7 Å². The quantitative estimate of drug-likeness (QED) is 0.531. The number of aromatic carboxylic acids is 1. The fraction of sp³-hybridized carbons (Fsp3) is 0.269. The molecule has 180 valence electrons. The van der Waals surface area contributed by atoms with E-state index in [4.69, 9.17) is 9.84 Å². The number of carboxylic acids is 1. The third kappa shape index (κ3) is 4.53. The molecule has 1 aliphatic heterocycles. The van der Waals surface area contributed by atoms with Crippen molar-refractivity contribution in [2.24, 2.45) is 0 Å². The normalized spacial score (nSPS) is 16.4.